The van der Waals surface area contributed by atoms with Gasteiger partial charge in [-0.1, -0.05) is 0 Å². The van der Waals surface area contributed by atoms with E-state index in [4.69, 9.17) is 10.3 Å². The summed E-state index contributed by atoms with van der Waals surface area (Å²) < 4.78 is 6.84. The van der Waals surface area contributed by atoms with Crippen LogP contribution in [0.15, 0.2) is 33.3 Å². The van der Waals surface area contributed by atoms with Crippen molar-refractivity contribution in [3.05, 3.63) is 34.9 Å². The number of nitrogens with zero attached hydrogens (tertiary/aromatic N) is 5. The van der Waals surface area contributed by atoms with E-state index in [9.17, 15) is 0 Å². The summed E-state index contributed by atoms with van der Waals surface area (Å²) in [7, 11) is 0. The molecule has 132 valence electrons. The molecule has 4 heterocycles. The van der Waals surface area contributed by atoms with Crippen LogP contribution in [-0.4, -0.2) is 24.8 Å². The van der Waals surface area contributed by atoms with Gasteiger partial charge < -0.3 is 10.3 Å². The lowest BCUT2D eigenvalue weighted by molar-refractivity contribution is 0.535. The van der Waals surface area contributed by atoms with Gasteiger partial charge in [0, 0.05) is 10.3 Å². The van der Waals surface area contributed by atoms with E-state index in [0.29, 0.717) is 11.0 Å². The molecule has 9 heteroatoms. The molecule has 7 nitrogen and oxygen atoms in total. The molecule has 5 rings (SSSR count). The molecular weight excluding hydrogens is 368 g/mol. The van der Waals surface area contributed by atoms with Gasteiger partial charge in [0.25, 0.3) is 0 Å². The van der Waals surface area contributed by atoms with Crippen LogP contribution in [0.2, 0.25) is 0 Å². The van der Waals surface area contributed by atoms with E-state index in [2.05, 4.69) is 20.2 Å². The molecule has 0 spiro atoms. The summed E-state index contributed by atoms with van der Waals surface area (Å²) in [5, 5.41) is 11.1. The second-order valence-electron chi connectivity index (χ2n) is 6.24. The number of furan rings is 1. The quantitative estimate of drug-likeness (QED) is 0.426. The van der Waals surface area contributed by atoms with Gasteiger partial charge >= 0.3 is 0 Å². The number of aryl methyl sites for hydroxylation is 3. The summed E-state index contributed by atoms with van der Waals surface area (Å²) in [6.07, 6.45) is 7.93. The molecule has 0 fully saturated rings. The molecule has 0 bridgehead atoms. The fourth-order valence-electron chi connectivity index (χ4n) is 3.37. The van der Waals surface area contributed by atoms with Crippen molar-refractivity contribution in [2.45, 2.75) is 42.8 Å². The number of hydrogen-bond donors (Lipinski definition) is 1. The van der Waals surface area contributed by atoms with Crippen molar-refractivity contribution in [2.24, 2.45) is 0 Å². The first-order chi connectivity index (χ1) is 12.7. The Balaban J connectivity index is 1.58. The summed E-state index contributed by atoms with van der Waals surface area (Å²) >= 11 is 3.22. The normalized spacial score (nSPS) is 14.0. The number of nitrogen functional groups attached to an aromatic ring is 1. The fraction of sp³-hybridized carbons (Fsp3) is 0.294. The van der Waals surface area contributed by atoms with E-state index < -0.39 is 0 Å². The summed E-state index contributed by atoms with van der Waals surface area (Å²) in [6, 6.07) is 1.84. The lowest BCUT2D eigenvalue weighted by Gasteiger charge is -2.11. The first-order valence-electron chi connectivity index (χ1n) is 8.40. The van der Waals surface area contributed by atoms with Crippen molar-refractivity contribution in [1.29, 1.82) is 0 Å². The van der Waals surface area contributed by atoms with Gasteiger partial charge in [0.1, 0.15) is 21.9 Å². The van der Waals surface area contributed by atoms with E-state index in [0.717, 1.165) is 39.4 Å². The Hall–Kier alpha value is -2.39. The van der Waals surface area contributed by atoms with Crippen molar-refractivity contribution in [3.8, 4) is 11.4 Å². The van der Waals surface area contributed by atoms with Crippen LogP contribution in [0.5, 0.6) is 0 Å². The number of fused-ring (bicyclic) bond motifs is 3. The number of thiophene rings is 1. The maximum Gasteiger partial charge on any atom is 0.216 e. The second-order valence-corrected chi connectivity index (χ2v) is 8.28. The molecule has 1 aliphatic rings. The molecule has 1 aliphatic carbocycles. The first kappa shape index (κ1) is 15.8. The highest BCUT2D eigenvalue weighted by atomic mass is 32.2. The Morgan fingerprint density at radius 2 is 2.12 bits per heavy atom. The summed E-state index contributed by atoms with van der Waals surface area (Å²) in [5.41, 5.74) is 2.24. The molecular formula is C17H16N6OS2. The van der Waals surface area contributed by atoms with Gasteiger partial charge in [0.05, 0.1) is 11.8 Å². The molecule has 0 saturated heterocycles. The monoisotopic (exact) mass is 384 g/mol. The molecule has 0 aromatic carbocycles. The maximum absolute atomic E-state index is 6.26. The predicted molar refractivity (Wildman–Crippen MR) is 101 cm³/mol. The largest absolute Gasteiger partial charge is 0.469 e. The minimum Gasteiger partial charge on any atom is -0.469 e. The van der Waals surface area contributed by atoms with Gasteiger partial charge in [0.15, 0.2) is 5.82 Å². The van der Waals surface area contributed by atoms with Crippen molar-refractivity contribution in [3.63, 3.8) is 0 Å². The van der Waals surface area contributed by atoms with Gasteiger partial charge in [-0.15, -0.1) is 21.5 Å². The van der Waals surface area contributed by atoms with Crippen molar-refractivity contribution in [1.82, 2.24) is 24.8 Å². The Morgan fingerprint density at radius 3 is 2.96 bits per heavy atom. The minimum atomic E-state index is 0.580. The lowest BCUT2D eigenvalue weighted by Crippen LogP contribution is -2.11. The summed E-state index contributed by atoms with van der Waals surface area (Å²) in [6.45, 7) is 1.88. The van der Waals surface area contributed by atoms with Crippen LogP contribution >= 0.6 is 23.1 Å². The van der Waals surface area contributed by atoms with Gasteiger partial charge in [-0.25, -0.2) is 14.6 Å². The summed E-state index contributed by atoms with van der Waals surface area (Å²) in [5.74, 6) is 7.60. The number of aromatic nitrogens is 5. The molecule has 4 aromatic rings. The molecule has 4 aromatic heterocycles. The van der Waals surface area contributed by atoms with Gasteiger partial charge in [-0.3, -0.25) is 0 Å². The standard InChI is InChI=1S/C17H16N6OS2/c1-9-10(6-7-24-9)14-21-22-17(23(14)18)26-16-13-11-4-2-3-5-12(11)25-15(13)19-8-20-16/h6-8H,2-5,18H2,1H3. The van der Waals surface area contributed by atoms with E-state index in [1.807, 2.05) is 13.0 Å². The topological polar surface area (TPSA) is 95.6 Å². The van der Waals surface area contributed by atoms with Crippen LogP contribution < -0.4 is 5.84 Å². The highest BCUT2D eigenvalue weighted by Crippen LogP contribution is 2.40. The molecule has 0 unspecified atom stereocenters. The number of rotatable bonds is 3. The van der Waals surface area contributed by atoms with E-state index in [1.165, 1.54) is 39.7 Å². The smallest absolute Gasteiger partial charge is 0.216 e. The van der Waals surface area contributed by atoms with Gasteiger partial charge in [-0.2, -0.15) is 0 Å². The average Bonchev–Trinajstić information content (AvgIpc) is 3.33. The fourth-order valence-corrected chi connectivity index (χ4v) is 5.53. The van der Waals surface area contributed by atoms with Crippen LogP contribution in [-0.2, 0) is 12.8 Å². The van der Waals surface area contributed by atoms with Crippen LogP contribution in [0.3, 0.4) is 0 Å². The molecule has 26 heavy (non-hydrogen) atoms. The van der Waals surface area contributed by atoms with Crippen LogP contribution in [0.1, 0.15) is 29.0 Å². The highest BCUT2D eigenvalue weighted by Gasteiger charge is 2.22. The van der Waals surface area contributed by atoms with Crippen LogP contribution in [0.4, 0.5) is 0 Å². The van der Waals surface area contributed by atoms with Gasteiger partial charge in [-0.05, 0) is 56.0 Å². The Morgan fingerprint density at radius 1 is 1.23 bits per heavy atom. The van der Waals surface area contributed by atoms with Crippen LogP contribution in [0.25, 0.3) is 21.6 Å². The molecule has 0 aliphatic heterocycles. The van der Waals surface area contributed by atoms with Crippen molar-refractivity contribution in [2.75, 3.05) is 5.84 Å². The van der Waals surface area contributed by atoms with Crippen molar-refractivity contribution < 1.29 is 4.42 Å². The third kappa shape index (κ3) is 2.42. The third-order valence-electron chi connectivity index (χ3n) is 4.67. The first-order valence-corrected chi connectivity index (χ1v) is 10.0. The average molecular weight is 384 g/mol. The molecule has 0 amide bonds. The minimum absolute atomic E-state index is 0.580. The second kappa shape index (κ2) is 6.10. The number of hydrogen-bond acceptors (Lipinski definition) is 8. The summed E-state index contributed by atoms with van der Waals surface area (Å²) in [4.78, 5) is 11.5. The van der Waals surface area contributed by atoms with Crippen molar-refractivity contribution >= 4 is 33.3 Å². The SMILES string of the molecule is Cc1occc1-c1nnc(Sc2ncnc3sc4c(c23)CCCC4)n1N. The maximum atomic E-state index is 6.26. The predicted octanol–water partition coefficient (Wildman–Crippen LogP) is 3.60. The van der Waals surface area contributed by atoms with E-state index in [1.54, 1.807) is 23.9 Å². The third-order valence-corrected chi connectivity index (χ3v) is 6.83. The van der Waals surface area contributed by atoms with E-state index >= 15 is 0 Å². The number of nitrogens with two attached hydrogens (primary N) is 1. The Kier molecular flexibility index (Phi) is 3.71. The lowest BCUT2D eigenvalue weighted by atomic mass is 9.97. The Labute approximate surface area is 157 Å². The van der Waals surface area contributed by atoms with E-state index in [-0.39, 0.29) is 0 Å². The zero-order chi connectivity index (χ0) is 17.7. The zero-order valence-electron chi connectivity index (χ0n) is 14.1. The van der Waals surface area contributed by atoms with Gasteiger partial charge in [0.2, 0.25) is 5.16 Å². The molecule has 0 saturated carbocycles. The molecule has 0 radical (unpaired) electrons. The molecule has 2 N–H and O–H groups in total. The highest BCUT2D eigenvalue weighted by molar-refractivity contribution is 7.99. The Bertz CT molecular complexity index is 1110. The van der Waals surface area contributed by atoms with Crippen LogP contribution in [0, 0.1) is 6.92 Å². The molecule has 0 atom stereocenters. The zero-order valence-corrected chi connectivity index (χ0v) is 15.7.